The molecule has 0 radical (unpaired) electrons. The minimum Gasteiger partial charge on any atom is -0.267 e. The van der Waals surface area contributed by atoms with Crippen LogP contribution in [-0.2, 0) is 5.41 Å². The van der Waals surface area contributed by atoms with Gasteiger partial charge < -0.3 is 0 Å². The lowest BCUT2D eigenvalue weighted by molar-refractivity contribution is 0.0732. The number of hydrogen-bond acceptors (Lipinski definition) is 3. The Balaban J connectivity index is 2.59. The van der Waals surface area contributed by atoms with E-state index in [-0.39, 0.29) is 5.41 Å². The molecule has 0 atom stereocenters. The first kappa shape index (κ1) is 11.3. The number of benzene rings is 1. The second-order valence-corrected chi connectivity index (χ2v) is 5.06. The molecular weight excluding hydrogens is 216 g/mol. The van der Waals surface area contributed by atoms with Crippen molar-refractivity contribution < 1.29 is 9.59 Å². The highest BCUT2D eigenvalue weighted by Gasteiger charge is 2.36. The van der Waals surface area contributed by atoms with E-state index in [0.717, 1.165) is 5.56 Å². The lowest BCUT2D eigenvalue weighted by atomic mass is 9.85. The van der Waals surface area contributed by atoms with Gasteiger partial charge >= 0.3 is 0 Å². The lowest BCUT2D eigenvalue weighted by Gasteiger charge is -2.19. The SMILES string of the molecule is CC(C)(C)c1ccc2c(c1)C(=O)N(C#N)C2=O. The summed E-state index contributed by atoms with van der Waals surface area (Å²) in [6.45, 7) is 6.08. The molecule has 2 amide bonds. The summed E-state index contributed by atoms with van der Waals surface area (Å²) in [4.78, 5) is 24.1. The van der Waals surface area contributed by atoms with Gasteiger partial charge in [-0.3, -0.25) is 9.59 Å². The van der Waals surface area contributed by atoms with Gasteiger partial charge in [0.25, 0.3) is 11.8 Å². The molecule has 0 bridgehead atoms. The third-order valence-electron chi connectivity index (χ3n) is 2.85. The van der Waals surface area contributed by atoms with E-state index >= 15 is 0 Å². The Labute approximate surface area is 99.5 Å². The number of nitrogens with zero attached hydrogens (tertiary/aromatic N) is 2. The van der Waals surface area contributed by atoms with Crippen LogP contribution >= 0.6 is 0 Å². The van der Waals surface area contributed by atoms with Crippen LogP contribution in [0.4, 0.5) is 0 Å². The van der Waals surface area contributed by atoms with Crippen molar-refractivity contribution in [2.45, 2.75) is 26.2 Å². The van der Waals surface area contributed by atoms with Gasteiger partial charge in [-0.2, -0.15) is 10.2 Å². The molecule has 4 heteroatoms. The van der Waals surface area contributed by atoms with E-state index in [1.165, 1.54) is 0 Å². The highest BCUT2D eigenvalue weighted by Crippen LogP contribution is 2.29. The first-order valence-electron chi connectivity index (χ1n) is 5.29. The molecule has 1 aliphatic heterocycles. The summed E-state index contributed by atoms with van der Waals surface area (Å²) < 4.78 is 0. The minimum atomic E-state index is -0.534. The number of carbonyl (C=O) groups is 2. The zero-order valence-electron chi connectivity index (χ0n) is 9.94. The van der Waals surface area contributed by atoms with Crippen LogP contribution in [0.1, 0.15) is 47.1 Å². The van der Waals surface area contributed by atoms with Crippen molar-refractivity contribution in [3.63, 3.8) is 0 Å². The van der Waals surface area contributed by atoms with Crippen molar-refractivity contribution in [3.05, 3.63) is 34.9 Å². The molecule has 0 fully saturated rings. The molecule has 1 heterocycles. The van der Waals surface area contributed by atoms with Gasteiger partial charge in [-0.05, 0) is 23.1 Å². The maximum absolute atomic E-state index is 11.8. The number of nitriles is 1. The van der Waals surface area contributed by atoms with E-state index in [9.17, 15) is 9.59 Å². The van der Waals surface area contributed by atoms with E-state index < -0.39 is 11.8 Å². The molecule has 0 aromatic heterocycles. The lowest BCUT2D eigenvalue weighted by Crippen LogP contribution is -2.23. The zero-order valence-corrected chi connectivity index (χ0v) is 9.94. The molecule has 1 aliphatic rings. The van der Waals surface area contributed by atoms with E-state index in [1.54, 1.807) is 18.3 Å². The number of fused-ring (bicyclic) bond motifs is 1. The Kier molecular flexibility index (Phi) is 2.28. The van der Waals surface area contributed by atoms with Gasteiger partial charge in [0.05, 0.1) is 11.1 Å². The monoisotopic (exact) mass is 228 g/mol. The van der Waals surface area contributed by atoms with Gasteiger partial charge in [0.15, 0.2) is 6.19 Å². The second-order valence-electron chi connectivity index (χ2n) is 5.06. The van der Waals surface area contributed by atoms with E-state index in [1.807, 2.05) is 26.8 Å². The minimum absolute atomic E-state index is 0.0988. The summed E-state index contributed by atoms with van der Waals surface area (Å²) in [5, 5.41) is 8.74. The van der Waals surface area contributed by atoms with Crippen LogP contribution in [-0.4, -0.2) is 16.7 Å². The number of carbonyl (C=O) groups excluding carboxylic acids is 2. The molecule has 0 saturated heterocycles. The molecule has 0 N–H and O–H groups in total. The maximum Gasteiger partial charge on any atom is 0.275 e. The van der Waals surface area contributed by atoms with Crippen molar-refractivity contribution in [2.75, 3.05) is 0 Å². The molecule has 0 unspecified atom stereocenters. The highest BCUT2D eigenvalue weighted by atomic mass is 16.2. The van der Waals surface area contributed by atoms with Crippen molar-refractivity contribution in [2.24, 2.45) is 0 Å². The maximum atomic E-state index is 11.8. The van der Waals surface area contributed by atoms with Crippen LogP contribution in [0, 0.1) is 11.5 Å². The van der Waals surface area contributed by atoms with Crippen LogP contribution in [0.3, 0.4) is 0 Å². The Hall–Kier alpha value is -2.15. The molecule has 1 aromatic rings. The molecule has 4 nitrogen and oxygen atoms in total. The van der Waals surface area contributed by atoms with Crippen LogP contribution < -0.4 is 0 Å². The second kappa shape index (κ2) is 3.42. The largest absolute Gasteiger partial charge is 0.275 e. The van der Waals surface area contributed by atoms with Gasteiger partial charge in [0.1, 0.15) is 0 Å². The number of hydrogen-bond donors (Lipinski definition) is 0. The number of imide groups is 1. The molecule has 2 rings (SSSR count). The molecule has 17 heavy (non-hydrogen) atoms. The van der Waals surface area contributed by atoms with Crippen LogP contribution in [0.25, 0.3) is 0 Å². The molecule has 86 valence electrons. The average molecular weight is 228 g/mol. The standard InChI is InChI=1S/C13H12N2O2/c1-13(2,3)8-4-5-9-10(6-8)12(17)15(7-14)11(9)16/h4-6H,1-3H3. The highest BCUT2D eigenvalue weighted by molar-refractivity contribution is 6.22. The number of rotatable bonds is 0. The molecule has 1 aromatic carbocycles. The van der Waals surface area contributed by atoms with Crippen LogP contribution in [0.2, 0.25) is 0 Å². The fourth-order valence-corrected chi connectivity index (χ4v) is 1.80. The van der Waals surface area contributed by atoms with Gasteiger partial charge in [-0.25, -0.2) is 0 Å². The van der Waals surface area contributed by atoms with Crippen molar-refractivity contribution in [1.29, 1.82) is 5.26 Å². The topological polar surface area (TPSA) is 61.2 Å². The fraction of sp³-hybridized carbons (Fsp3) is 0.308. The smallest absolute Gasteiger partial charge is 0.267 e. The van der Waals surface area contributed by atoms with Crippen molar-refractivity contribution in [3.8, 4) is 6.19 Å². The Morgan fingerprint density at radius 1 is 1.12 bits per heavy atom. The molecular formula is C13H12N2O2. The molecule has 0 saturated carbocycles. The first-order chi connectivity index (χ1) is 7.86. The van der Waals surface area contributed by atoms with Gasteiger partial charge in [0.2, 0.25) is 0 Å². The summed E-state index contributed by atoms with van der Waals surface area (Å²) in [6.07, 6.45) is 1.60. The van der Waals surface area contributed by atoms with E-state index in [4.69, 9.17) is 5.26 Å². The van der Waals surface area contributed by atoms with E-state index in [0.29, 0.717) is 16.0 Å². The average Bonchev–Trinajstić information content (AvgIpc) is 2.50. The first-order valence-corrected chi connectivity index (χ1v) is 5.29. The van der Waals surface area contributed by atoms with Crippen LogP contribution in [0.15, 0.2) is 18.2 Å². The molecule has 0 spiro atoms. The van der Waals surface area contributed by atoms with Gasteiger partial charge in [0, 0.05) is 0 Å². The summed E-state index contributed by atoms with van der Waals surface area (Å²) in [5.74, 6) is -1.06. The van der Waals surface area contributed by atoms with Gasteiger partial charge in [-0.15, -0.1) is 0 Å². The van der Waals surface area contributed by atoms with Crippen molar-refractivity contribution >= 4 is 11.8 Å². The Morgan fingerprint density at radius 3 is 2.24 bits per heavy atom. The quantitative estimate of drug-likeness (QED) is 0.504. The third kappa shape index (κ3) is 1.60. The van der Waals surface area contributed by atoms with Crippen LogP contribution in [0.5, 0.6) is 0 Å². The molecule has 0 aliphatic carbocycles. The van der Waals surface area contributed by atoms with Crippen molar-refractivity contribution in [1.82, 2.24) is 4.90 Å². The predicted octanol–water partition coefficient (Wildman–Crippen LogP) is 2.06. The summed E-state index contributed by atoms with van der Waals surface area (Å²) in [7, 11) is 0. The summed E-state index contributed by atoms with van der Waals surface area (Å²) in [6, 6.07) is 5.14. The number of amides is 2. The summed E-state index contributed by atoms with van der Waals surface area (Å²) in [5.41, 5.74) is 1.50. The Morgan fingerprint density at radius 2 is 1.71 bits per heavy atom. The summed E-state index contributed by atoms with van der Waals surface area (Å²) >= 11 is 0. The normalized spacial score (nSPS) is 14.8. The zero-order chi connectivity index (χ0) is 12.8. The predicted molar refractivity (Wildman–Crippen MR) is 61.3 cm³/mol. The Bertz CT molecular complexity index is 562. The van der Waals surface area contributed by atoms with E-state index in [2.05, 4.69) is 0 Å². The van der Waals surface area contributed by atoms with Gasteiger partial charge in [-0.1, -0.05) is 26.8 Å². The fourth-order valence-electron chi connectivity index (χ4n) is 1.80. The third-order valence-corrected chi connectivity index (χ3v) is 2.85.